The lowest BCUT2D eigenvalue weighted by Crippen LogP contribution is -2.26. The average molecular weight is 381 g/mol. The molecular formula is C22H20FNO4. The molecule has 0 saturated carbocycles. The van der Waals surface area contributed by atoms with Gasteiger partial charge in [0.05, 0.1) is 5.56 Å². The van der Waals surface area contributed by atoms with Crippen LogP contribution in [0.25, 0.3) is 11.3 Å². The van der Waals surface area contributed by atoms with Crippen molar-refractivity contribution in [3.05, 3.63) is 71.7 Å². The Morgan fingerprint density at radius 3 is 2.75 bits per heavy atom. The van der Waals surface area contributed by atoms with Gasteiger partial charge in [-0.25, -0.2) is 4.39 Å². The summed E-state index contributed by atoms with van der Waals surface area (Å²) in [7, 11) is 1.76. The molecule has 6 heteroatoms. The first-order valence-electron chi connectivity index (χ1n) is 9.06. The van der Waals surface area contributed by atoms with Crippen LogP contribution in [0.15, 0.2) is 59.0 Å². The van der Waals surface area contributed by atoms with Crippen molar-refractivity contribution >= 4 is 5.91 Å². The summed E-state index contributed by atoms with van der Waals surface area (Å²) in [5.41, 5.74) is 1.39. The number of hydrogen-bond donors (Lipinski definition) is 0. The summed E-state index contributed by atoms with van der Waals surface area (Å²) < 4.78 is 30.2. The SMILES string of the molecule is CN(Cc1ccc2c(c1)OCO2)C(=O)CCc1ccc(-c2ccccc2F)o1. The third-order valence-electron chi connectivity index (χ3n) is 4.67. The molecule has 0 N–H and O–H groups in total. The van der Waals surface area contributed by atoms with Crippen molar-refractivity contribution < 1.29 is 23.1 Å². The number of carbonyl (C=O) groups is 1. The number of ether oxygens (including phenoxy) is 2. The van der Waals surface area contributed by atoms with Crippen LogP contribution >= 0.6 is 0 Å². The molecule has 0 saturated heterocycles. The highest BCUT2D eigenvalue weighted by Crippen LogP contribution is 2.32. The minimum absolute atomic E-state index is 0.00140. The van der Waals surface area contributed by atoms with Crippen molar-refractivity contribution in [2.75, 3.05) is 13.8 Å². The number of nitrogens with zero attached hydrogens (tertiary/aromatic N) is 1. The molecule has 0 radical (unpaired) electrons. The van der Waals surface area contributed by atoms with Gasteiger partial charge >= 0.3 is 0 Å². The molecule has 28 heavy (non-hydrogen) atoms. The highest BCUT2D eigenvalue weighted by molar-refractivity contribution is 5.76. The van der Waals surface area contributed by atoms with Gasteiger partial charge in [-0.2, -0.15) is 0 Å². The van der Waals surface area contributed by atoms with Crippen LogP contribution < -0.4 is 9.47 Å². The van der Waals surface area contributed by atoms with Crippen LogP contribution in [0, 0.1) is 5.82 Å². The summed E-state index contributed by atoms with van der Waals surface area (Å²) in [5, 5.41) is 0. The minimum atomic E-state index is -0.331. The number of hydrogen-bond acceptors (Lipinski definition) is 4. The topological polar surface area (TPSA) is 51.9 Å². The normalized spacial score (nSPS) is 12.2. The number of carbonyl (C=O) groups excluding carboxylic acids is 1. The van der Waals surface area contributed by atoms with Crippen molar-refractivity contribution in [2.45, 2.75) is 19.4 Å². The van der Waals surface area contributed by atoms with Crippen LogP contribution in [0.4, 0.5) is 4.39 Å². The van der Waals surface area contributed by atoms with Gasteiger partial charge in [0, 0.05) is 26.4 Å². The summed E-state index contributed by atoms with van der Waals surface area (Å²) in [6.45, 7) is 0.708. The van der Waals surface area contributed by atoms with E-state index in [-0.39, 0.29) is 18.5 Å². The van der Waals surface area contributed by atoms with E-state index in [0.29, 0.717) is 42.2 Å². The molecule has 0 aliphatic carbocycles. The van der Waals surface area contributed by atoms with Crippen molar-refractivity contribution in [3.63, 3.8) is 0 Å². The Kier molecular flexibility index (Phi) is 5.02. The maximum Gasteiger partial charge on any atom is 0.231 e. The molecule has 0 fully saturated rings. The zero-order valence-corrected chi connectivity index (χ0v) is 15.5. The van der Waals surface area contributed by atoms with Crippen LogP contribution in [0.3, 0.4) is 0 Å². The first kappa shape index (κ1) is 18.1. The number of rotatable bonds is 6. The Hall–Kier alpha value is -3.28. The summed E-state index contributed by atoms with van der Waals surface area (Å²) in [5.74, 6) is 2.22. The molecule has 2 heterocycles. The van der Waals surface area contributed by atoms with Crippen LogP contribution in [0.1, 0.15) is 17.7 Å². The molecule has 2 aromatic carbocycles. The molecule has 1 aliphatic heterocycles. The monoisotopic (exact) mass is 381 g/mol. The first-order chi connectivity index (χ1) is 13.6. The Balaban J connectivity index is 1.33. The van der Waals surface area contributed by atoms with E-state index in [4.69, 9.17) is 13.9 Å². The van der Waals surface area contributed by atoms with Crippen LogP contribution in [-0.4, -0.2) is 24.6 Å². The van der Waals surface area contributed by atoms with Crippen LogP contribution in [0.2, 0.25) is 0 Å². The highest BCUT2D eigenvalue weighted by atomic mass is 19.1. The maximum atomic E-state index is 13.9. The zero-order valence-electron chi connectivity index (χ0n) is 15.5. The molecule has 5 nitrogen and oxygen atoms in total. The van der Waals surface area contributed by atoms with Crippen LogP contribution in [-0.2, 0) is 17.8 Å². The van der Waals surface area contributed by atoms with E-state index < -0.39 is 0 Å². The predicted octanol–water partition coefficient (Wildman–Crippen LogP) is 4.41. The molecular weight excluding hydrogens is 361 g/mol. The number of fused-ring (bicyclic) bond motifs is 1. The summed E-state index contributed by atoms with van der Waals surface area (Å²) in [6, 6.07) is 15.6. The Labute approximate surface area is 162 Å². The second-order valence-corrected chi connectivity index (χ2v) is 6.68. The third kappa shape index (κ3) is 3.86. The summed E-state index contributed by atoms with van der Waals surface area (Å²) >= 11 is 0. The molecule has 3 aromatic rings. The first-order valence-corrected chi connectivity index (χ1v) is 9.06. The number of benzene rings is 2. The van der Waals surface area contributed by atoms with E-state index in [2.05, 4.69) is 0 Å². The standard InChI is InChI=1S/C22H20FNO4/c1-24(13-15-6-9-20-21(12-15)27-14-26-20)22(25)11-8-16-7-10-19(28-16)17-4-2-3-5-18(17)23/h2-7,9-10,12H,8,11,13-14H2,1H3. The fourth-order valence-electron chi connectivity index (χ4n) is 3.14. The minimum Gasteiger partial charge on any atom is -0.461 e. The summed E-state index contributed by atoms with van der Waals surface area (Å²) in [6.07, 6.45) is 0.768. The van der Waals surface area contributed by atoms with Gasteiger partial charge in [-0.1, -0.05) is 18.2 Å². The largest absolute Gasteiger partial charge is 0.461 e. The van der Waals surface area contributed by atoms with Gasteiger partial charge in [-0.3, -0.25) is 4.79 Å². The fraction of sp³-hybridized carbons (Fsp3) is 0.227. The van der Waals surface area contributed by atoms with Gasteiger partial charge in [-0.05, 0) is 42.0 Å². The number of aryl methyl sites for hydroxylation is 1. The van der Waals surface area contributed by atoms with Gasteiger partial charge in [0.15, 0.2) is 11.5 Å². The molecule has 0 atom stereocenters. The average Bonchev–Trinajstić information content (AvgIpc) is 3.35. The molecule has 0 spiro atoms. The number of furan rings is 1. The van der Waals surface area contributed by atoms with Crippen molar-refractivity contribution in [2.24, 2.45) is 0 Å². The van der Waals surface area contributed by atoms with Gasteiger partial charge in [0.1, 0.15) is 17.3 Å². The van der Waals surface area contributed by atoms with E-state index >= 15 is 0 Å². The van der Waals surface area contributed by atoms with Gasteiger partial charge in [-0.15, -0.1) is 0 Å². The lowest BCUT2D eigenvalue weighted by atomic mass is 10.1. The van der Waals surface area contributed by atoms with E-state index in [9.17, 15) is 9.18 Å². The Morgan fingerprint density at radius 2 is 1.89 bits per heavy atom. The van der Waals surface area contributed by atoms with Gasteiger partial charge in [0.25, 0.3) is 0 Å². The summed E-state index contributed by atoms with van der Waals surface area (Å²) in [4.78, 5) is 14.1. The van der Waals surface area contributed by atoms with E-state index in [1.165, 1.54) is 6.07 Å². The maximum absolute atomic E-state index is 13.9. The van der Waals surface area contributed by atoms with Crippen molar-refractivity contribution in [3.8, 4) is 22.8 Å². The molecule has 1 aliphatic rings. The smallest absolute Gasteiger partial charge is 0.231 e. The fourth-order valence-corrected chi connectivity index (χ4v) is 3.14. The molecule has 0 bridgehead atoms. The number of amides is 1. The Bertz CT molecular complexity index is 998. The van der Waals surface area contributed by atoms with E-state index in [1.807, 2.05) is 18.2 Å². The second-order valence-electron chi connectivity index (χ2n) is 6.68. The molecule has 144 valence electrons. The molecule has 1 amide bonds. The van der Waals surface area contributed by atoms with Crippen molar-refractivity contribution in [1.82, 2.24) is 4.90 Å². The van der Waals surface area contributed by atoms with E-state index in [0.717, 1.165) is 11.3 Å². The van der Waals surface area contributed by atoms with Gasteiger partial charge < -0.3 is 18.8 Å². The molecule has 1 aromatic heterocycles. The van der Waals surface area contributed by atoms with Gasteiger partial charge in [0.2, 0.25) is 12.7 Å². The van der Waals surface area contributed by atoms with Crippen molar-refractivity contribution in [1.29, 1.82) is 0 Å². The Morgan fingerprint density at radius 1 is 1.07 bits per heavy atom. The quantitative estimate of drug-likeness (QED) is 0.635. The van der Waals surface area contributed by atoms with Crippen LogP contribution in [0.5, 0.6) is 11.5 Å². The molecule has 4 rings (SSSR count). The predicted molar refractivity (Wildman–Crippen MR) is 101 cm³/mol. The lowest BCUT2D eigenvalue weighted by molar-refractivity contribution is -0.130. The lowest BCUT2D eigenvalue weighted by Gasteiger charge is -2.17. The number of halogens is 1. The zero-order chi connectivity index (χ0) is 19.5. The molecule has 0 unspecified atom stereocenters. The second kappa shape index (κ2) is 7.76. The highest BCUT2D eigenvalue weighted by Gasteiger charge is 2.16. The van der Waals surface area contributed by atoms with E-state index in [1.54, 1.807) is 42.3 Å². The third-order valence-corrected chi connectivity index (χ3v) is 4.67.